The number of nitrogens with two attached hydrogens (primary N) is 1. The fourth-order valence-electron chi connectivity index (χ4n) is 2.75. The van der Waals surface area contributed by atoms with Gasteiger partial charge < -0.3 is 5.73 Å². The van der Waals surface area contributed by atoms with E-state index in [4.69, 9.17) is 22.3 Å². The van der Waals surface area contributed by atoms with E-state index in [-0.39, 0.29) is 0 Å². The van der Waals surface area contributed by atoms with Crippen molar-refractivity contribution in [1.82, 2.24) is 4.98 Å². The number of thiazole rings is 1. The molecule has 0 saturated heterocycles. The molecule has 0 spiro atoms. The largest absolute Gasteiger partial charge is 0.326 e. The maximum atomic E-state index is 6.06. The molecule has 1 heterocycles. The Morgan fingerprint density at radius 2 is 2.10 bits per heavy atom. The maximum Gasteiger partial charge on any atom is 0.124 e. The fourth-order valence-corrected chi connectivity index (χ4v) is 4.04. The van der Waals surface area contributed by atoms with E-state index >= 15 is 0 Å². The maximum absolute atomic E-state index is 6.06. The van der Waals surface area contributed by atoms with E-state index in [9.17, 15) is 0 Å². The molecule has 4 rings (SSSR count). The van der Waals surface area contributed by atoms with Crippen LogP contribution in [0.3, 0.4) is 0 Å². The number of hydrogen-bond donors (Lipinski definition) is 1. The molecule has 1 aliphatic rings. The van der Waals surface area contributed by atoms with Gasteiger partial charge in [-0.2, -0.15) is 0 Å². The minimum atomic E-state index is 0.556. The van der Waals surface area contributed by atoms with E-state index in [1.165, 1.54) is 16.0 Å². The van der Waals surface area contributed by atoms with Crippen molar-refractivity contribution in [3.05, 3.63) is 63.5 Å². The molecule has 0 radical (unpaired) electrons. The Bertz CT molecular complexity index is 839. The Labute approximate surface area is 132 Å². The van der Waals surface area contributed by atoms with Crippen molar-refractivity contribution in [2.45, 2.75) is 13.0 Å². The van der Waals surface area contributed by atoms with Gasteiger partial charge in [0.25, 0.3) is 0 Å². The van der Waals surface area contributed by atoms with E-state index in [1.807, 2.05) is 24.3 Å². The predicted molar refractivity (Wildman–Crippen MR) is 88.7 cm³/mol. The van der Waals surface area contributed by atoms with Crippen molar-refractivity contribution in [2.24, 2.45) is 5.73 Å². The Hall–Kier alpha value is -1.68. The van der Waals surface area contributed by atoms with Gasteiger partial charge in [0.15, 0.2) is 0 Å². The number of aromatic nitrogens is 1. The summed E-state index contributed by atoms with van der Waals surface area (Å²) >= 11 is 7.83. The highest BCUT2D eigenvalue weighted by atomic mass is 35.5. The van der Waals surface area contributed by atoms with Crippen molar-refractivity contribution in [3.63, 3.8) is 0 Å². The SMILES string of the molecule is NCc1cccc(-c2nc3c(s2)Cc2cc(Cl)ccc2-3)c1. The lowest BCUT2D eigenvalue weighted by atomic mass is 10.1. The number of nitrogens with zero attached hydrogens (tertiary/aromatic N) is 1. The lowest BCUT2D eigenvalue weighted by Crippen LogP contribution is -1.95. The highest BCUT2D eigenvalue weighted by Gasteiger charge is 2.23. The first-order chi connectivity index (χ1) is 10.2. The van der Waals surface area contributed by atoms with E-state index in [1.54, 1.807) is 11.3 Å². The number of rotatable bonds is 2. The van der Waals surface area contributed by atoms with Crippen LogP contribution in [0.2, 0.25) is 5.02 Å². The second kappa shape index (κ2) is 4.95. The van der Waals surface area contributed by atoms with Gasteiger partial charge in [0.05, 0.1) is 5.69 Å². The zero-order valence-corrected chi connectivity index (χ0v) is 12.8. The summed E-state index contributed by atoms with van der Waals surface area (Å²) in [5.74, 6) is 0. The Kier molecular flexibility index (Phi) is 3.07. The molecule has 0 aliphatic heterocycles. The van der Waals surface area contributed by atoms with Gasteiger partial charge in [0.1, 0.15) is 5.01 Å². The molecule has 2 N–H and O–H groups in total. The van der Waals surface area contributed by atoms with Gasteiger partial charge in [-0.3, -0.25) is 0 Å². The van der Waals surface area contributed by atoms with Crippen LogP contribution in [-0.4, -0.2) is 4.98 Å². The van der Waals surface area contributed by atoms with Crippen molar-refractivity contribution < 1.29 is 0 Å². The van der Waals surface area contributed by atoms with Crippen LogP contribution >= 0.6 is 22.9 Å². The third kappa shape index (κ3) is 2.18. The highest BCUT2D eigenvalue weighted by molar-refractivity contribution is 7.15. The third-order valence-corrected chi connectivity index (χ3v) is 5.12. The normalized spacial score (nSPS) is 12.3. The number of benzene rings is 2. The van der Waals surface area contributed by atoms with Crippen LogP contribution in [0.25, 0.3) is 21.8 Å². The summed E-state index contributed by atoms with van der Waals surface area (Å²) < 4.78 is 0. The zero-order chi connectivity index (χ0) is 14.4. The molecule has 104 valence electrons. The smallest absolute Gasteiger partial charge is 0.124 e. The molecule has 0 bridgehead atoms. The Balaban J connectivity index is 1.79. The summed E-state index contributed by atoms with van der Waals surface area (Å²) in [6, 6.07) is 14.3. The second-order valence-electron chi connectivity index (χ2n) is 5.17. The van der Waals surface area contributed by atoms with Gasteiger partial charge in [0.2, 0.25) is 0 Å². The molecule has 0 atom stereocenters. The summed E-state index contributed by atoms with van der Waals surface area (Å²) in [5.41, 5.74) is 11.6. The third-order valence-electron chi connectivity index (χ3n) is 3.78. The summed E-state index contributed by atoms with van der Waals surface area (Å²) in [4.78, 5) is 6.16. The lowest BCUT2D eigenvalue weighted by Gasteiger charge is -2.02. The highest BCUT2D eigenvalue weighted by Crippen LogP contribution is 2.42. The van der Waals surface area contributed by atoms with Crippen LogP contribution in [0.15, 0.2) is 42.5 Å². The van der Waals surface area contributed by atoms with Gasteiger partial charge in [-0.25, -0.2) is 4.98 Å². The number of hydrogen-bond acceptors (Lipinski definition) is 3. The van der Waals surface area contributed by atoms with Crippen LogP contribution in [0, 0.1) is 0 Å². The molecule has 2 aromatic carbocycles. The van der Waals surface area contributed by atoms with Gasteiger partial charge in [-0.1, -0.05) is 35.9 Å². The quantitative estimate of drug-likeness (QED) is 0.592. The van der Waals surface area contributed by atoms with Gasteiger partial charge in [0, 0.05) is 34.0 Å². The lowest BCUT2D eigenvalue weighted by molar-refractivity contribution is 1.07. The van der Waals surface area contributed by atoms with Crippen molar-refractivity contribution >= 4 is 22.9 Å². The van der Waals surface area contributed by atoms with E-state index in [0.717, 1.165) is 33.3 Å². The van der Waals surface area contributed by atoms with Gasteiger partial charge in [-0.15, -0.1) is 11.3 Å². The second-order valence-corrected chi connectivity index (χ2v) is 6.69. The monoisotopic (exact) mass is 312 g/mol. The first-order valence-electron chi connectivity index (χ1n) is 6.82. The molecule has 0 fully saturated rings. The van der Waals surface area contributed by atoms with Crippen molar-refractivity contribution in [3.8, 4) is 21.8 Å². The van der Waals surface area contributed by atoms with E-state index < -0.39 is 0 Å². The minimum Gasteiger partial charge on any atom is -0.326 e. The van der Waals surface area contributed by atoms with Crippen LogP contribution in [-0.2, 0) is 13.0 Å². The van der Waals surface area contributed by atoms with Crippen LogP contribution in [0.1, 0.15) is 16.0 Å². The first-order valence-corrected chi connectivity index (χ1v) is 8.02. The summed E-state index contributed by atoms with van der Waals surface area (Å²) in [6.45, 7) is 0.556. The summed E-state index contributed by atoms with van der Waals surface area (Å²) in [6.07, 6.45) is 0.930. The van der Waals surface area contributed by atoms with E-state index in [2.05, 4.69) is 18.2 Å². The molecule has 4 heteroatoms. The molecule has 1 aliphatic carbocycles. The van der Waals surface area contributed by atoms with E-state index in [0.29, 0.717) is 6.54 Å². The standard InChI is InChI=1S/C17H13ClN2S/c18-13-4-5-14-12(7-13)8-15-16(14)20-17(21-15)11-3-1-2-10(6-11)9-19/h1-7H,8-9,19H2. The topological polar surface area (TPSA) is 38.9 Å². The molecular formula is C17H13ClN2S. The predicted octanol–water partition coefficient (Wildman–Crippen LogP) is 4.49. The Morgan fingerprint density at radius 3 is 2.95 bits per heavy atom. The summed E-state index contributed by atoms with van der Waals surface area (Å²) in [7, 11) is 0. The van der Waals surface area contributed by atoms with Crippen LogP contribution in [0.4, 0.5) is 0 Å². The molecule has 21 heavy (non-hydrogen) atoms. The first kappa shape index (κ1) is 13.0. The van der Waals surface area contributed by atoms with Crippen molar-refractivity contribution in [2.75, 3.05) is 0 Å². The average Bonchev–Trinajstić information content (AvgIpc) is 3.04. The van der Waals surface area contributed by atoms with Crippen LogP contribution < -0.4 is 5.73 Å². The van der Waals surface area contributed by atoms with Crippen molar-refractivity contribution in [1.29, 1.82) is 0 Å². The summed E-state index contributed by atoms with van der Waals surface area (Å²) in [5, 5.41) is 1.86. The zero-order valence-electron chi connectivity index (χ0n) is 11.3. The minimum absolute atomic E-state index is 0.556. The van der Waals surface area contributed by atoms with Gasteiger partial charge in [-0.05, 0) is 29.3 Å². The molecule has 3 aromatic rings. The number of halogens is 1. The molecule has 2 nitrogen and oxygen atoms in total. The molecule has 1 aromatic heterocycles. The average molecular weight is 313 g/mol. The molecule has 0 unspecified atom stereocenters. The molecule has 0 amide bonds. The van der Waals surface area contributed by atoms with Crippen LogP contribution in [0.5, 0.6) is 0 Å². The molecular weight excluding hydrogens is 300 g/mol. The Morgan fingerprint density at radius 1 is 1.19 bits per heavy atom. The number of fused-ring (bicyclic) bond motifs is 3. The van der Waals surface area contributed by atoms with Gasteiger partial charge >= 0.3 is 0 Å². The molecule has 0 saturated carbocycles. The fraction of sp³-hybridized carbons (Fsp3) is 0.118.